The Balaban J connectivity index is 1.99. The molecule has 2 aromatic rings. The van der Waals surface area contributed by atoms with Gasteiger partial charge in [0.1, 0.15) is 0 Å². The number of nitro benzene ring substituents is 1. The fourth-order valence-electron chi connectivity index (χ4n) is 2.13. The van der Waals surface area contributed by atoms with Crippen LogP contribution in [0.25, 0.3) is 0 Å². The van der Waals surface area contributed by atoms with Crippen molar-refractivity contribution in [2.75, 3.05) is 14.2 Å². The lowest BCUT2D eigenvalue weighted by atomic mass is 10.1. The maximum atomic E-state index is 11.9. The highest BCUT2D eigenvalue weighted by Gasteiger charge is 2.10. The van der Waals surface area contributed by atoms with Gasteiger partial charge >= 0.3 is 0 Å². The number of hydrazone groups is 1. The van der Waals surface area contributed by atoms with Gasteiger partial charge in [-0.2, -0.15) is 5.10 Å². The maximum absolute atomic E-state index is 11.9. The molecular weight excluding hydrogens is 342 g/mol. The number of carbonyl (C=O) groups is 1. The number of ether oxygens (including phenoxy) is 2. The third kappa shape index (κ3) is 4.69. The van der Waals surface area contributed by atoms with Crippen molar-refractivity contribution >= 4 is 17.8 Å². The molecule has 2 N–H and O–H groups in total. The molecule has 9 nitrogen and oxygen atoms in total. The van der Waals surface area contributed by atoms with Gasteiger partial charge in [0.05, 0.1) is 31.8 Å². The molecule has 0 aliphatic rings. The third-order valence-corrected chi connectivity index (χ3v) is 3.42. The van der Waals surface area contributed by atoms with Crippen LogP contribution in [-0.4, -0.2) is 36.4 Å². The van der Waals surface area contributed by atoms with Crippen molar-refractivity contribution in [2.24, 2.45) is 5.10 Å². The zero-order chi connectivity index (χ0) is 19.1. The van der Waals surface area contributed by atoms with Crippen LogP contribution in [0.1, 0.15) is 11.1 Å². The maximum Gasteiger partial charge on any atom is 0.269 e. The van der Waals surface area contributed by atoms with E-state index in [1.807, 2.05) is 0 Å². The van der Waals surface area contributed by atoms with E-state index in [1.165, 1.54) is 56.8 Å². The van der Waals surface area contributed by atoms with E-state index >= 15 is 0 Å². The largest absolute Gasteiger partial charge is 0.502 e. The average molecular weight is 359 g/mol. The molecule has 2 rings (SSSR count). The third-order valence-electron chi connectivity index (χ3n) is 3.42. The van der Waals surface area contributed by atoms with Crippen molar-refractivity contribution in [1.29, 1.82) is 0 Å². The predicted molar refractivity (Wildman–Crippen MR) is 93.7 cm³/mol. The van der Waals surface area contributed by atoms with Crippen molar-refractivity contribution in [3.8, 4) is 17.2 Å². The van der Waals surface area contributed by atoms with Gasteiger partial charge < -0.3 is 14.6 Å². The summed E-state index contributed by atoms with van der Waals surface area (Å²) in [5, 5.41) is 24.3. The van der Waals surface area contributed by atoms with Gasteiger partial charge in [-0.3, -0.25) is 14.9 Å². The molecule has 2 aromatic carbocycles. The lowest BCUT2D eigenvalue weighted by Crippen LogP contribution is -2.19. The summed E-state index contributed by atoms with van der Waals surface area (Å²) in [7, 11) is 2.81. The second kappa shape index (κ2) is 8.47. The van der Waals surface area contributed by atoms with E-state index in [0.29, 0.717) is 11.1 Å². The molecule has 0 aliphatic carbocycles. The lowest BCUT2D eigenvalue weighted by Gasteiger charge is -2.09. The van der Waals surface area contributed by atoms with Crippen LogP contribution in [0.4, 0.5) is 5.69 Å². The smallest absolute Gasteiger partial charge is 0.269 e. The molecule has 0 radical (unpaired) electrons. The van der Waals surface area contributed by atoms with E-state index in [2.05, 4.69) is 10.5 Å². The van der Waals surface area contributed by atoms with E-state index in [0.717, 1.165) is 0 Å². The zero-order valence-electron chi connectivity index (χ0n) is 14.1. The van der Waals surface area contributed by atoms with Crippen LogP contribution in [0.5, 0.6) is 17.2 Å². The Morgan fingerprint density at radius 1 is 1.23 bits per heavy atom. The van der Waals surface area contributed by atoms with Crippen molar-refractivity contribution in [3.05, 3.63) is 57.6 Å². The number of phenols is 1. The fraction of sp³-hybridized carbons (Fsp3) is 0.176. The van der Waals surface area contributed by atoms with Crippen LogP contribution in [0, 0.1) is 10.1 Å². The number of hydrogen-bond acceptors (Lipinski definition) is 7. The zero-order valence-corrected chi connectivity index (χ0v) is 14.1. The van der Waals surface area contributed by atoms with Crippen LogP contribution >= 0.6 is 0 Å². The number of methoxy groups -OCH3 is 2. The number of rotatable bonds is 7. The Labute approximate surface area is 149 Å². The quantitative estimate of drug-likeness (QED) is 0.443. The summed E-state index contributed by atoms with van der Waals surface area (Å²) in [6.45, 7) is 0. The summed E-state index contributed by atoms with van der Waals surface area (Å²) in [6.07, 6.45) is 1.40. The summed E-state index contributed by atoms with van der Waals surface area (Å²) in [5.41, 5.74) is 3.49. The topological polar surface area (TPSA) is 123 Å². The molecule has 0 fully saturated rings. The molecule has 0 bridgehead atoms. The molecule has 26 heavy (non-hydrogen) atoms. The summed E-state index contributed by atoms with van der Waals surface area (Å²) < 4.78 is 10.1. The molecule has 0 heterocycles. The van der Waals surface area contributed by atoms with E-state index < -0.39 is 4.92 Å². The Bertz CT molecular complexity index is 808. The molecule has 0 spiro atoms. The summed E-state index contributed by atoms with van der Waals surface area (Å²) in [6, 6.07) is 8.75. The summed E-state index contributed by atoms with van der Waals surface area (Å²) in [4.78, 5) is 22.0. The molecule has 0 atom stereocenters. The van der Waals surface area contributed by atoms with Crippen LogP contribution in [0.3, 0.4) is 0 Å². The van der Waals surface area contributed by atoms with Gasteiger partial charge in [-0.15, -0.1) is 0 Å². The first-order chi connectivity index (χ1) is 12.4. The number of phenolic OH excluding ortho intramolecular Hbond substituents is 1. The summed E-state index contributed by atoms with van der Waals surface area (Å²) >= 11 is 0. The number of amides is 1. The van der Waals surface area contributed by atoms with Gasteiger partial charge in [-0.1, -0.05) is 12.1 Å². The number of aromatic hydroxyl groups is 1. The van der Waals surface area contributed by atoms with Crippen LogP contribution < -0.4 is 14.9 Å². The van der Waals surface area contributed by atoms with Crippen LogP contribution in [0.2, 0.25) is 0 Å². The second-order valence-corrected chi connectivity index (χ2v) is 5.17. The molecule has 0 saturated carbocycles. The molecule has 1 amide bonds. The summed E-state index contributed by atoms with van der Waals surface area (Å²) in [5.74, 6) is -0.0896. The number of benzene rings is 2. The van der Waals surface area contributed by atoms with Gasteiger partial charge in [-0.05, 0) is 17.7 Å². The first kappa shape index (κ1) is 18.7. The molecule has 0 unspecified atom stereocenters. The number of nitrogens with zero attached hydrogens (tertiary/aromatic N) is 2. The van der Waals surface area contributed by atoms with Gasteiger partial charge in [0.2, 0.25) is 11.7 Å². The Hall–Kier alpha value is -3.62. The molecule has 136 valence electrons. The highest BCUT2D eigenvalue weighted by molar-refractivity contribution is 5.84. The normalized spacial score (nSPS) is 10.5. The molecule has 0 aliphatic heterocycles. The number of nitrogens with one attached hydrogen (secondary N) is 1. The van der Waals surface area contributed by atoms with Gasteiger partial charge in [0, 0.05) is 17.7 Å². The molecule has 0 aromatic heterocycles. The number of hydrogen-bond donors (Lipinski definition) is 2. The molecular formula is C17H17N3O6. The van der Waals surface area contributed by atoms with Gasteiger partial charge in [0.25, 0.3) is 5.69 Å². The molecule has 9 heteroatoms. The minimum absolute atomic E-state index is 0.0254. The SMILES string of the molecule is COc1cc(C=NNC(=O)Cc2ccc([N+](=O)[O-])cc2)cc(OC)c1O. The standard InChI is InChI=1S/C17H17N3O6/c1-25-14-7-12(8-15(26-2)17(14)22)10-18-19-16(21)9-11-3-5-13(6-4-11)20(23)24/h3-8,10,22H,9H2,1-2H3,(H,19,21). The van der Waals surface area contributed by atoms with Crippen molar-refractivity contribution < 1.29 is 24.3 Å². The number of carbonyl (C=O) groups excluding carboxylic acids is 1. The Morgan fingerprint density at radius 3 is 2.31 bits per heavy atom. The van der Waals surface area contributed by atoms with Crippen molar-refractivity contribution in [3.63, 3.8) is 0 Å². The number of non-ortho nitro benzene ring substituents is 1. The van der Waals surface area contributed by atoms with Crippen molar-refractivity contribution in [1.82, 2.24) is 5.43 Å². The van der Waals surface area contributed by atoms with Crippen LogP contribution in [0.15, 0.2) is 41.5 Å². The van der Waals surface area contributed by atoms with E-state index in [-0.39, 0.29) is 35.3 Å². The number of nitro groups is 1. The lowest BCUT2D eigenvalue weighted by molar-refractivity contribution is -0.384. The highest BCUT2D eigenvalue weighted by atomic mass is 16.6. The highest BCUT2D eigenvalue weighted by Crippen LogP contribution is 2.36. The predicted octanol–water partition coefficient (Wildman–Crippen LogP) is 2.01. The van der Waals surface area contributed by atoms with Gasteiger partial charge in [-0.25, -0.2) is 5.43 Å². The average Bonchev–Trinajstić information content (AvgIpc) is 2.63. The van der Waals surface area contributed by atoms with E-state index in [9.17, 15) is 20.0 Å². The monoisotopic (exact) mass is 359 g/mol. The van der Waals surface area contributed by atoms with Gasteiger partial charge in [0.15, 0.2) is 11.5 Å². The second-order valence-electron chi connectivity index (χ2n) is 5.17. The van der Waals surface area contributed by atoms with Crippen molar-refractivity contribution in [2.45, 2.75) is 6.42 Å². The molecule has 0 saturated heterocycles. The van der Waals surface area contributed by atoms with Crippen LogP contribution in [-0.2, 0) is 11.2 Å². The Kier molecular flexibility index (Phi) is 6.10. The van der Waals surface area contributed by atoms with E-state index in [4.69, 9.17) is 9.47 Å². The minimum Gasteiger partial charge on any atom is -0.502 e. The first-order valence-electron chi connectivity index (χ1n) is 7.44. The fourth-order valence-corrected chi connectivity index (χ4v) is 2.13. The minimum atomic E-state index is -0.506. The first-order valence-corrected chi connectivity index (χ1v) is 7.44. The van der Waals surface area contributed by atoms with E-state index in [1.54, 1.807) is 0 Å². The Morgan fingerprint density at radius 2 is 1.81 bits per heavy atom.